The molecule has 0 aromatic heterocycles. The first-order chi connectivity index (χ1) is 13.0. The summed E-state index contributed by atoms with van der Waals surface area (Å²) in [5.41, 5.74) is 6.52. The van der Waals surface area contributed by atoms with Gasteiger partial charge in [0, 0.05) is 24.0 Å². The molecule has 0 atom stereocenters. The van der Waals surface area contributed by atoms with Crippen LogP contribution in [0.1, 0.15) is 52.5 Å². The largest absolute Gasteiger partial charge is 0.494 e. The molecule has 0 aliphatic rings. The SMILES string of the molecule is CCCOc1ccc(C(=O)CCC(=O)NNC(=O)c2ccccc2C)cc1. The maximum absolute atomic E-state index is 12.2. The Hall–Kier alpha value is -3.15. The molecule has 2 aromatic rings. The number of hydrazine groups is 1. The molecule has 0 saturated heterocycles. The average molecular weight is 368 g/mol. The minimum atomic E-state index is -0.423. The third-order valence-corrected chi connectivity index (χ3v) is 3.93. The second-order valence-electron chi connectivity index (χ2n) is 6.11. The van der Waals surface area contributed by atoms with Gasteiger partial charge in [0.25, 0.3) is 5.91 Å². The zero-order valence-electron chi connectivity index (χ0n) is 15.6. The van der Waals surface area contributed by atoms with Gasteiger partial charge in [-0.25, -0.2) is 0 Å². The van der Waals surface area contributed by atoms with Gasteiger partial charge < -0.3 is 4.74 Å². The van der Waals surface area contributed by atoms with Gasteiger partial charge in [0.05, 0.1) is 6.61 Å². The van der Waals surface area contributed by atoms with Crippen LogP contribution in [0, 0.1) is 6.92 Å². The molecule has 0 heterocycles. The molecular weight excluding hydrogens is 344 g/mol. The Kier molecular flexibility index (Phi) is 7.55. The van der Waals surface area contributed by atoms with Gasteiger partial charge in [0.2, 0.25) is 5.91 Å². The van der Waals surface area contributed by atoms with E-state index < -0.39 is 11.8 Å². The molecule has 0 aliphatic carbocycles. The van der Waals surface area contributed by atoms with Gasteiger partial charge in [0.1, 0.15) is 5.75 Å². The summed E-state index contributed by atoms with van der Waals surface area (Å²) in [6.07, 6.45) is 0.957. The van der Waals surface area contributed by atoms with E-state index in [4.69, 9.17) is 4.74 Å². The fraction of sp³-hybridized carbons (Fsp3) is 0.286. The third kappa shape index (κ3) is 6.26. The maximum Gasteiger partial charge on any atom is 0.269 e. The molecule has 0 spiro atoms. The van der Waals surface area contributed by atoms with Crippen molar-refractivity contribution in [2.75, 3.05) is 6.61 Å². The summed E-state index contributed by atoms with van der Waals surface area (Å²) in [5, 5.41) is 0. The van der Waals surface area contributed by atoms with E-state index >= 15 is 0 Å². The van der Waals surface area contributed by atoms with Crippen LogP contribution in [0.4, 0.5) is 0 Å². The summed E-state index contributed by atoms with van der Waals surface area (Å²) >= 11 is 0. The van der Waals surface area contributed by atoms with Crippen molar-refractivity contribution in [1.82, 2.24) is 10.9 Å². The lowest BCUT2D eigenvalue weighted by molar-refractivity contribution is -0.121. The van der Waals surface area contributed by atoms with Crippen LogP contribution >= 0.6 is 0 Å². The topological polar surface area (TPSA) is 84.5 Å². The standard InChI is InChI=1S/C21H24N2O4/c1-3-14-27-17-10-8-16(9-11-17)19(24)12-13-20(25)22-23-21(26)18-7-5-4-6-15(18)2/h4-11H,3,12-14H2,1-2H3,(H,22,25)(H,23,26). The molecule has 6 nitrogen and oxygen atoms in total. The molecule has 0 unspecified atom stereocenters. The van der Waals surface area contributed by atoms with E-state index in [1.807, 2.05) is 26.0 Å². The lowest BCUT2D eigenvalue weighted by atomic mass is 10.1. The Morgan fingerprint density at radius 2 is 1.63 bits per heavy atom. The Bertz CT molecular complexity index is 800. The Morgan fingerprint density at radius 1 is 0.926 bits per heavy atom. The van der Waals surface area contributed by atoms with Crippen LogP contribution in [0.5, 0.6) is 5.75 Å². The first-order valence-corrected chi connectivity index (χ1v) is 8.92. The molecule has 2 N–H and O–H groups in total. The van der Waals surface area contributed by atoms with Crippen LogP contribution in [0.2, 0.25) is 0 Å². The number of hydrogen-bond acceptors (Lipinski definition) is 4. The Morgan fingerprint density at radius 3 is 2.30 bits per heavy atom. The molecule has 2 aromatic carbocycles. The minimum Gasteiger partial charge on any atom is -0.494 e. The predicted molar refractivity (Wildman–Crippen MR) is 103 cm³/mol. The summed E-state index contributed by atoms with van der Waals surface area (Å²) in [6, 6.07) is 13.9. The van der Waals surface area contributed by atoms with Crippen LogP contribution < -0.4 is 15.6 Å². The van der Waals surface area contributed by atoms with Crippen molar-refractivity contribution in [3.63, 3.8) is 0 Å². The lowest BCUT2D eigenvalue weighted by Gasteiger charge is -2.09. The highest BCUT2D eigenvalue weighted by molar-refractivity contribution is 5.99. The average Bonchev–Trinajstić information content (AvgIpc) is 2.69. The van der Waals surface area contributed by atoms with Gasteiger partial charge in [-0.15, -0.1) is 0 Å². The number of amides is 2. The fourth-order valence-electron chi connectivity index (χ4n) is 2.41. The quantitative estimate of drug-likeness (QED) is 0.553. The van der Waals surface area contributed by atoms with E-state index in [0.29, 0.717) is 23.5 Å². The molecule has 0 fully saturated rings. The minimum absolute atomic E-state index is 0.0129. The molecular formula is C21H24N2O4. The van der Waals surface area contributed by atoms with Gasteiger partial charge >= 0.3 is 0 Å². The number of benzene rings is 2. The zero-order valence-corrected chi connectivity index (χ0v) is 15.6. The van der Waals surface area contributed by atoms with Gasteiger partial charge in [-0.05, 0) is 49.2 Å². The molecule has 0 aliphatic heterocycles. The van der Waals surface area contributed by atoms with Crippen molar-refractivity contribution in [2.45, 2.75) is 33.1 Å². The van der Waals surface area contributed by atoms with Crippen molar-refractivity contribution >= 4 is 17.6 Å². The number of aryl methyl sites for hydroxylation is 1. The lowest BCUT2D eigenvalue weighted by Crippen LogP contribution is -2.41. The zero-order chi connectivity index (χ0) is 19.6. The molecule has 0 saturated carbocycles. The highest BCUT2D eigenvalue weighted by Gasteiger charge is 2.12. The van der Waals surface area contributed by atoms with Crippen LogP contribution in [0.15, 0.2) is 48.5 Å². The van der Waals surface area contributed by atoms with Crippen molar-refractivity contribution in [3.05, 3.63) is 65.2 Å². The smallest absolute Gasteiger partial charge is 0.269 e. The molecule has 27 heavy (non-hydrogen) atoms. The summed E-state index contributed by atoms with van der Waals surface area (Å²) in [6.45, 7) is 4.46. The molecule has 2 rings (SSSR count). The van der Waals surface area contributed by atoms with E-state index in [1.165, 1.54) is 0 Å². The summed E-state index contributed by atoms with van der Waals surface area (Å²) < 4.78 is 5.47. The van der Waals surface area contributed by atoms with Crippen molar-refractivity contribution in [2.24, 2.45) is 0 Å². The Balaban J connectivity index is 1.77. The van der Waals surface area contributed by atoms with Crippen molar-refractivity contribution in [3.8, 4) is 5.75 Å². The van der Waals surface area contributed by atoms with E-state index in [1.54, 1.807) is 36.4 Å². The number of carbonyl (C=O) groups excluding carboxylic acids is 3. The highest BCUT2D eigenvalue weighted by Crippen LogP contribution is 2.14. The van der Waals surface area contributed by atoms with E-state index in [0.717, 1.165) is 12.0 Å². The normalized spacial score (nSPS) is 10.1. The van der Waals surface area contributed by atoms with Gasteiger partial charge in [-0.1, -0.05) is 25.1 Å². The first kappa shape index (κ1) is 20.2. The maximum atomic E-state index is 12.2. The summed E-state index contributed by atoms with van der Waals surface area (Å²) in [5.74, 6) is -0.244. The first-order valence-electron chi connectivity index (χ1n) is 8.92. The molecule has 142 valence electrons. The predicted octanol–water partition coefficient (Wildman–Crippen LogP) is 3.21. The molecule has 2 amide bonds. The van der Waals surface area contributed by atoms with Gasteiger partial charge in [0.15, 0.2) is 5.78 Å². The highest BCUT2D eigenvalue weighted by atomic mass is 16.5. The second-order valence-corrected chi connectivity index (χ2v) is 6.11. The Labute approximate surface area is 158 Å². The van der Waals surface area contributed by atoms with Gasteiger partial charge in [-0.2, -0.15) is 0 Å². The molecule has 0 bridgehead atoms. The number of ketones is 1. The van der Waals surface area contributed by atoms with Crippen LogP contribution in [-0.4, -0.2) is 24.2 Å². The van der Waals surface area contributed by atoms with Crippen molar-refractivity contribution in [1.29, 1.82) is 0 Å². The number of rotatable bonds is 8. The summed E-state index contributed by atoms with van der Waals surface area (Å²) in [7, 11) is 0. The summed E-state index contributed by atoms with van der Waals surface area (Å²) in [4.78, 5) is 36.1. The third-order valence-electron chi connectivity index (χ3n) is 3.93. The molecule has 6 heteroatoms. The van der Waals surface area contributed by atoms with Crippen molar-refractivity contribution < 1.29 is 19.1 Å². The van der Waals surface area contributed by atoms with E-state index in [9.17, 15) is 14.4 Å². The van der Waals surface area contributed by atoms with Gasteiger partial charge in [-0.3, -0.25) is 25.2 Å². The van der Waals surface area contributed by atoms with E-state index in [-0.39, 0.29) is 18.6 Å². The number of carbonyl (C=O) groups is 3. The van der Waals surface area contributed by atoms with Crippen LogP contribution in [0.3, 0.4) is 0 Å². The fourth-order valence-corrected chi connectivity index (χ4v) is 2.41. The monoisotopic (exact) mass is 368 g/mol. The second kappa shape index (κ2) is 10.1. The number of ether oxygens (including phenoxy) is 1. The molecule has 0 radical (unpaired) electrons. The number of hydrogen-bond donors (Lipinski definition) is 2. The van der Waals surface area contributed by atoms with Crippen LogP contribution in [-0.2, 0) is 4.79 Å². The number of Topliss-reactive ketones (excluding diaryl/α,β-unsaturated/α-hetero) is 1. The van der Waals surface area contributed by atoms with E-state index in [2.05, 4.69) is 10.9 Å². The van der Waals surface area contributed by atoms with Crippen LogP contribution in [0.25, 0.3) is 0 Å². The number of nitrogens with one attached hydrogen (secondary N) is 2.